The van der Waals surface area contributed by atoms with Gasteiger partial charge in [0.2, 0.25) is 0 Å². The summed E-state index contributed by atoms with van der Waals surface area (Å²) in [6.45, 7) is 5.58. The van der Waals surface area contributed by atoms with Crippen LogP contribution in [0.1, 0.15) is 33.1 Å². The molecule has 3 heteroatoms. The molecule has 0 aromatic heterocycles. The summed E-state index contributed by atoms with van der Waals surface area (Å²) >= 11 is 2.08. The Morgan fingerprint density at radius 2 is 2.29 bits per heavy atom. The van der Waals surface area contributed by atoms with Crippen molar-refractivity contribution in [2.24, 2.45) is 5.92 Å². The van der Waals surface area contributed by atoms with Gasteiger partial charge >= 0.3 is 0 Å². The SMILES string of the molecule is CCSC1CCCC1NCC(C)CO. The number of nitrogens with one attached hydrogen (secondary N) is 1. The van der Waals surface area contributed by atoms with Crippen LogP contribution in [0.3, 0.4) is 0 Å². The van der Waals surface area contributed by atoms with E-state index in [1.54, 1.807) is 0 Å². The lowest BCUT2D eigenvalue weighted by Crippen LogP contribution is -2.37. The van der Waals surface area contributed by atoms with Gasteiger partial charge < -0.3 is 10.4 Å². The molecule has 0 heterocycles. The minimum atomic E-state index is 0.297. The summed E-state index contributed by atoms with van der Waals surface area (Å²) in [6.07, 6.45) is 4.04. The maximum absolute atomic E-state index is 8.93. The molecule has 3 atom stereocenters. The molecule has 0 aromatic rings. The predicted octanol–water partition coefficient (Wildman–Crippen LogP) is 1.88. The zero-order valence-corrected chi connectivity index (χ0v) is 10.1. The average Bonchev–Trinajstić information content (AvgIpc) is 2.62. The molecular weight excluding hydrogens is 194 g/mol. The number of hydrogen-bond acceptors (Lipinski definition) is 3. The van der Waals surface area contributed by atoms with Crippen molar-refractivity contribution in [2.75, 3.05) is 18.9 Å². The molecule has 1 fully saturated rings. The Morgan fingerprint density at radius 1 is 1.50 bits per heavy atom. The van der Waals surface area contributed by atoms with Crippen LogP contribution < -0.4 is 5.32 Å². The summed E-state index contributed by atoms with van der Waals surface area (Å²) in [4.78, 5) is 0. The molecular formula is C11H23NOS. The minimum absolute atomic E-state index is 0.297. The maximum Gasteiger partial charge on any atom is 0.0468 e. The second-order valence-electron chi connectivity index (χ2n) is 4.23. The molecule has 0 radical (unpaired) electrons. The van der Waals surface area contributed by atoms with Gasteiger partial charge in [-0.2, -0.15) is 11.8 Å². The predicted molar refractivity (Wildman–Crippen MR) is 63.8 cm³/mol. The Labute approximate surface area is 91.9 Å². The summed E-state index contributed by atoms with van der Waals surface area (Å²) in [6, 6.07) is 0.689. The first kappa shape index (κ1) is 12.3. The highest BCUT2D eigenvalue weighted by Crippen LogP contribution is 2.29. The maximum atomic E-state index is 8.93. The van der Waals surface area contributed by atoms with Crippen molar-refractivity contribution in [3.8, 4) is 0 Å². The van der Waals surface area contributed by atoms with Crippen molar-refractivity contribution in [3.05, 3.63) is 0 Å². The van der Waals surface area contributed by atoms with Gasteiger partial charge in [-0.05, 0) is 24.5 Å². The van der Waals surface area contributed by atoms with Crippen LogP contribution in [0.2, 0.25) is 0 Å². The van der Waals surface area contributed by atoms with Crippen molar-refractivity contribution in [2.45, 2.75) is 44.4 Å². The molecule has 0 bridgehead atoms. The summed E-state index contributed by atoms with van der Waals surface area (Å²) < 4.78 is 0. The Morgan fingerprint density at radius 3 is 2.93 bits per heavy atom. The minimum Gasteiger partial charge on any atom is -0.396 e. The van der Waals surface area contributed by atoms with Gasteiger partial charge in [0.1, 0.15) is 0 Å². The molecule has 0 spiro atoms. The van der Waals surface area contributed by atoms with Crippen LogP contribution in [-0.4, -0.2) is 35.3 Å². The Kier molecular flexibility index (Phi) is 5.90. The number of aliphatic hydroxyl groups excluding tert-OH is 1. The zero-order chi connectivity index (χ0) is 10.4. The second-order valence-corrected chi connectivity index (χ2v) is 5.74. The van der Waals surface area contributed by atoms with Gasteiger partial charge in [0.15, 0.2) is 0 Å². The third-order valence-electron chi connectivity index (χ3n) is 2.87. The molecule has 1 aliphatic rings. The van der Waals surface area contributed by atoms with Gasteiger partial charge in [-0.1, -0.05) is 20.3 Å². The third-order valence-corrected chi connectivity index (χ3v) is 4.20. The first-order valence-corrected chi connectivity index (χ1v) is 6.78. The van der Waals surface area contributed by atoms with Gasteiger partial charge in [-0.25, -0.2) is 0 Å². The first-order chi connectivity index (χ1) is 6.77. The van der Waals surface area contributed by atoms with Crippen LogP contribution in [0.5, 0.6) is 0 Å². The molecule has 1 aliphatic carbocycles. The van der Waals surface area contributed by atoms with Crippen molar-refractivity contribution < 1.29 is 5.11 Å². The largest absolute Gasteiger partial charge is 0.396 e. The molecule has 2 N–H and O–H groups in total. The van der Waals surface area contributed by atoms with Crippen LogP contribution in [0.25, 0.3) is 0 Å². The van der Waals surface area contributed by atoms with Crippen molar-refractivity contribution in [3.63, 3.8) is 0 Å². The van der Waals surface area contributed by atoms with Gasteiger partial charge in [-0.3, -0.25) is 0 Å². The van der Waals surface area contributed by atoms with Crippen LogP contribution in [0.15, 0.2) is 0 Å². The summed E-state index contributed by atoms with van der Waals surface area (Å²) in [7, 11) is 0. The van der Waals surface area contributed by atoms with E-state index in [2.05, 4.69) is 30.9 Å². The van der Waals surface area contributed by atoms with Crippen molar-refractivity contribution in [1.29, 1.82) is 0 Å². The molecule has 0 amide bonds. The Balaban J connectivity index is 2.21. The lowest BCUT2D eigenvalue weighted by Gasteiger charge is -2.21. The lowest BCUT2D eigenvalue weighted by molar-refractivity contribution is 0.230. The van der Waals surface area contributed by atoms with Crippen LogP contribution >= 0.6 is 11.8 Å². The smallest absolute Gasteiger partial charge is 0.0468 e. The van der Waals surface area contributed by atoms with E-state index in [0.29, 0.717) is 18.6 Å². The lowest BCUT2D eigenvalue weighted by atomic mass is 10.1. The summed E-state index contributed by atoms with van der Waals surface area (Å²) in [5.41, 5.74) is 0. The van der Waals surface area contributed by atoms with Gasteiger partial charge in [0.05, 0.1) is 0 Å². The molecule has 14 heavy (non-hydrogen) atoms. The fourth-order valence-electron chi connectivity index (χ4n) is 1.99. The highest BCUT2D eigenvalue weighted by atomic mass is 32.2. The Bertz CT molecular complexity index is 154. The topological polar surface area (TPSA) is 32.3 Å². The molecule has 0 aliphatic heterocycles. The highest BCUT2D eigenvalue weighted by Gasteiger charge is 2.26. The summed E-state index contributed by atoms with van der Waals surface area (Å²) in [5, 5.41) is 13.3. The third kappa shape index (κ3) is 3.79. The summed E-state index contributed by atoms with van der Waals surface area (Å²) in [5.74, 6) is 1.61. The standard InChI is InChI=1S/C11H23NOS/c1-3-14-11-6-4-5-10(11)12-7-9(2)8-13/h9-13H,3-8H2,1-2H3. The Hall–Kier alpha value is 0.270. The van der Waals surface area contributed by atoms with Crippen LogP contribution in [0, 0.1) is 5.92 Å². The van der Waals surface area contributed by atoms with E-state index < -0.39 is 0 Å². The normalized spacial score (nSPS) is 29.4. The van der Waals surface area contributed by atoms with Gasteiger partial charge in [0, 0.05) is 24.4 Å². The van der Waals surface area contributed by atoms with Crippen LogP contribution in [-0.2, 0) is 0 Å². The molecule has 0 aromatic carbocycles. The molecule has 3 unspecified atom stereocenters. The molecule has 1 rings (SSSR count). The molecule has 2 nitrogen and oxygen atoms in total. The second kappa shape index (κ2) is 6.70. The number of aliphatic hydroxyl groups is 1. The fourth-order valence-corrected chi connectivity index (χ4v) is 3.22. The van der Waals surface area contributed by atoms with Crippen molar-refractivity contribution >= 4 is 11.8 Å². The quantitative estimate of drug-likeness (QED) is 0.712. The highest BCUT2D eigenvalue weighted by molar-refractivity contribution is 7.99. The van der Waals surface area contributed by atoms with Gasteiger partial charge in [-0.15, -0.1) is 0 Å². The van der Waals surface area contributed by atoms with E-state index in [4.69, 9.17) is 5.11 Å². The first-order valence-electron chi connectivity index (χ1n) is 5.73. The number of rotatable bonds is 6. The van der Waals surface area contributed by atoms with E-state index in [9.17, 15) is 0 Å². The van der Waals surface area contributed by atoms with E-state index in [1.807, 2.05) is 0 Å². The zero-order valence-electron chi connectivity index (χ0n) is 9.33. The molecule has 1 saturated carbocycles. The van der Waals surface area contributed by atoms with E-state index >= 15 is 0 Å². The van der Waals surface area contributed by atoms with Gasteiger partial charge in [0.25, 0.3) is 0 Å². The monoisotopic (exact) mass is 217 g/mol. The van der Waals surface area contributed by atoms with Crippen molar-refractivity contribution in [1.82, 2.24) is 5.32 Å². The molecule has 0 saturated heterocycles. The van der Waals surface area contributed by atoms with E-state index in [1.165, 1.54) is 25.0 Å². The van der Waals surface area contributed by atoms with Crippen LogP contribution in [0.4, 0.5) is 0 Å². The van der Waals surface area contributed by atoms with E-state index in [-0.39, 0.29) is 0 Å². The fraction of sp³-hybridized carbons (Fsp3) is 1.00. The average molecular weight is 217 g/mol. The number of thioether (sulfide) groups is 1. The van der Waals surface area contributed by atoms with E-state index in [0.717, 1.165) is 11.8 Å². The number of hydrogen-bond donors (Lipinski definition) is 2. The molecule has 84 valence electrons.